The first-order valence-corrected chi connectivity index (χ1v) is 11.0. The molecule has 0 radical (unpaired) electrons. The molecule has 5 rings (SSSR count). The van der Waals surface area contributed by atoms with E-state index in [1.54, 1.807) is 6.20 Å². The van der Waals surface area contributed by atoms with Gasteiger partial charge in [0.2, 0.25) is 0 Å². The van der Waals surface area contributed by atoms with E-state index >= 15 is 0 Å². The van der Waals surface area contributed by atoms with Gasteiger partial charge in [0.05, 0.1) is 5.56 Å². The topological polar surface area (TPSA) is 55.8 Å². The van der Waals surface area contributed by atoms with Gasteiger partial charge in [-0.1, -0.05) is 30.3 Å². The Labute approximate surface area is 182 Å². The molecule has 0 aliphatic carbocycles. The molecule has 0 spiro atoms. The number of benzene rings is 1. The maximum Gasteiger partial charge on any atom is 0.256 e. The Morgan fingerprint density at radius 2 is 1.45 bits per heavy atom. The fraction of sp³-hybridized carbons (Fsp3) is 0.375. The Kier molecular flexibility index (Phi) is 5.42. The van der Waals surface area contributed by atoms with E-state index in [9.17, 15) is 4.79 Å². The Bertz CT molecular complexity index is 1060. The van der Waals surface area contributed by atoms with E-state index in [1.165, 1.54) is 0 Å². The van der Waals surface area contributed by atoms with E-state index in [1.807, 2.05) is 41.4 Å². The molecule has 2 fully saturated rings. The highest BCUT2D eigenvalue weighted by Gasteiger charge is 2.25. The number of anilines is 2. The summed E-state index contributed by atoms with van der Waals surface area (Å²) in [5.41, 5.74) is 0.705. The van der Waals surface area contributed by atoms with Crippen molar-refractivity contribution in [1.82, 2.24) is 19.8 Å². The molecule has 7 heteroatoms. The van der Waals surface area contributed by atoms with E-state index in [4.69, 9.17) is 4.98 Å². The van der Waals surface area contributed by atoms with Crippen LogP contribution in [0, 0.1) is 0 Å². The molecule has 2 aromatic heterocycles. The summed E-state index contributed by atoms with van der Waals surface area (Å²) < 4.78 is 0. The molecule has 1 amide bonds. The van der Waals surface area contributed by atoms with Gasteiger partial charge in [0.25, 0.3) is 5.91 Å². The third-order valence-electron chi connectivity index (χ3n) is 6.35. The van der Waals surface area contributed by atoms with Gasteiger partial charge in [-0.25, -0.2) is 9.97 Å². The molecule has 0 N–H and O–H groups in total. The van der Waals surface area contributed by atoms with Crippen LogP contribution in [0.5, 0.6) is 0 Å². The van der Waals surface area contributed by atoms with Gasteiger partial charge in [0.1, 0.15) is 11.6 Å². The monoisotopic (exact) mass is 416 g/mol. The van der Waals surface area contributed by atoms with Gasteiger partial charge in [0.15, 0.2) is 0 Å². The highest BCUT2D eigenvalue weighted by molar-refractivity contribution is 6.09. The van der Waals surface area contributed by atoms with Gasteiger partial charge in [-0.2, -0.15) is 0 Å². The summed E-state index contributed by atoms with van der Waals surface area (Å²) in [6.45, 7) is 6.90. The third kappa shape index (κ3) is 3.93. The molecule has 1 aromatic carbocycles. The number of fused-ring (bicyclic) bond motifs is 1. The summed E-state index contributed by atoms with van der Waals surface area (Å²) in [6.07, 6.45) is 3.62. The fourth-order valence-electron chi connectivity index (χ4n) is 4.47. The quantitative estimate of drug-likeness (QED) is 0.653. The van der Waals surface area contributed by atoms with Crippen molar-refractivity contribution in [2.75, 3.05) is 69.2 Å². The smallest absolute Gasteiger partial charge is 0.256 e. The highest BCUT2D eigenvalue weighted by atomic mass is 16.2. The summed E-state index contributed by atoms with van der Waals surface area (Å²) in [5.74, 6) is 2.07. The van der Waals surface area contributed by atoms with Crippen LogP contribution >= 0.6 is 0 Å². The van der Waals surface area contributed by atoms with Crippen LogP contribution in [-0.2, 0) is 0 Å². The third-order valence-corrected chi connectivity index (χ3v) is 6.35. The number of nitrogens with zero attached hydrogens (tertiary/aromatic N) is 6. The second-order valence-corrected chi connectivity index (χ2v) is 8.30. The molecule has 31 heavy (non-hydrogen) atoms. The number of rotatable bonds is 3. The van der Waals surface area contributed by atoms with E-state index < -0.39 is 0 Å². The van der Waals surface area contributed by atoms with Crippen LogP contribution in [0.3, 0.4) is 0 Å². The first kappa shape index (κ1) is 19.8. The number of hydrogen-bond acceptors (Lipinski definition) is 6. The number of amides is 1. The standard InChI is InChI=1S/C24H28N6O/c1-27-10-12-30(13-11-27)24(31)21-18-26-23(20-7-3-2-6-19(20)21)29-16-14-28(15-17-29)22-8-4-5-9-25-22/h2-9,18H,10-17H2,1H3. The second kappa shape index (κ2) is 8.51. The van der Waals surface area contributed by atoms with Gasteiger partial charge < -0.3 is 19.6 Å². The van der Waals surface area contributed by atoms with Crippen LogP contribution in [0.2, 0.25) is 0 Å². The molecular formula is C24H28N6O. The Morgan fingerprint density at radius 1 is 0.774 bits per heavy atom. The van der Waals surface area contributed by atoms with Crippen LogP contribution in [0.25, 0.3) is 10.8 Å². The maximum absolute atomic E-state index is 13.2. The predicted octanol–water partition coefficient (Wildman–Crippen LogP) is 2.34. The van der Waals surface area contributed by atoms with Gasteiger partial charge in [-0.15, -0.1) is 0 Å². The minimum Gasteiger partial charge on any atom is -0.353 e. The van der Waals surface area contributed by atoms with Gasteiger partial charge in [0, 0.05) is 70.1 Å². The summed E-state index contributed by atoms with van der Waals surface area (Å²) in [6, 6.07) is 14.2. The lowest BCUT2D eigenvalue weighted by atomic mass is 10.0. The minimum absolute atomic E-state index is 0.0864. The number of pyridine rings is 2. The van der Waals surface area contributed by atoms with E-state index in [0.717, 1.165) is 74.8 Å². The minimum atomic E-state index is 0.0864. The van der Waals surface area contributed by atoms with Crippen molar-refractivity contribution in [3.8, 4) is 0 Å². The Hall–Kier alpha value is -3.19. The van der Waals surface area contributed by atoms with E-state index in [2.05, 4.69) is 38.9 Å². The number of likely N-dealkylation sites (N-methyl/N-ethyl adjacent to an activating group) is 1. The summed E-state index contributed by atoms with van der Waals surface area (Å²) >= 11 is 0. The van der Waals surface area contributed by atoms with Gasteiger partial charge in [-0.3, -0.25) is 4.79 Å². The zero-order chi connectivity index (χ0) is 21.2. The number of carbonyl (C=O) groups is 1. The van der Waals surface area contributed by atoms with Crippen molar-refractivity contribution in [3.63, 3.8) is 0 Å². The van der Waals surface area contributed by atoms with Crippen LogP contribution < -0.4 is 9.80 Å². The predicted molar refractivity (Wildman–Crippen MR) is 124 cm³/mol. The molecule has 2 aliphatic rings. The summed E-state index contributed by atoms with van der Waals surface area (Å²) in [7, 11) is 2.10. The zero-order valence-electron chi connectivity index (χ0n) is 17.9. The fourth-order valence-corrected chi connectivity index (χ4v) is 4.47. The molecule has 160 valence electrons. The van der Waals surface area contributed by atoms with Crippen LogP contribution in [0.4, 0.5) is 11.6 Å². The molecule has 0 bridgehead atoms. The maximum atomic E-state index is 13.2. The average molecular weight is 417 g/mol. The molecule has 3 aromatic rings. The second-order valence-electron chi connectivity index (χ2n) is 8.30. The molecular weight excluding hydrogens is 388 g/mol. The first-order valence-electron chi connectivity index (χ1n) is 11.0. The van der Waals surface area contributed by atoms with Crippen molar-refractivity contribution in [1.29, 1.82) is 0 Å². The lowest BCUT2D eigenvalue weighted by Crippen LogP contribution is -2.47. The van der Waals surface area contributed by atoms with Crippen molar-refractivity contribution >= 4 is 28.3 Å². The molecule has 0 atom stereocenters. The average Bonchev–Trinajstić information content (AvgIpc) is 2.84. The van der Waals surface area contributed by atoms with Crippen LogP contribution in [-0.4, -0.2) is 85.1 Å². The summed E-state index contributed by atoms with van der Waals surface area (Å²) in [4.78, 5) is 31.4. The number of hydrogen-bond donors (Lipinski definition) is 0. The summed E-state index contributed by atoms with van der Waals surface area (Å²) in [5, 5.41) is 2.04. The molecule has 2 aliphatic heterocycles. The van der Waals surface area contributed by atoms with Crippen molar-refractivity contribution in [2.24, 2.45) is 0 Å². The van der Waals surface area contributed by atoms with Crippen molar-refractivity contribution in [3.05, 3.63) is 60.4 Å². The van der Waals surface area contributed by atoms with Crippen molar-refractivity contribution in [2.45, 2.75) is 0 Å². The lowest BCUT2D eigenvalue weighted by Gasteiger charge is -2.36. The van der Waals surface area contributed by atoms with Crippen LogP contribution in [0.1, 0.15) is 10.4 Å². The molecule has 2 saturated heterocycles. The van der Waals surface area contributed by atoms with Crippen molar-refractivity contribution < 1.29 is 4.79 Å². The molecule has 4 heterocycles. The number of carbonyl (C=O) groups excluding carboxylic acids is 1. The van der Waals surface area contributed by atoms with Gasteiger partial charge >= 0.3 is 0 Å². The zero-order valence-corrected chi connectivity index (χ0v) is 17.9. The van der Waals surface area contributed by atoms with Gasteiger partial charge in [-0.05, 0) is 24.6 Å². The Balaban J connectivity index is 1.39. The van der Waals surface area contributed by atoms with Crippen LogP contribution in [0.15, 0.2) is 54.9 Å². The van der Waals surface area contributed by atoms with E-state index in [-0.39, 0.29) is 5.91 Å². The molecule has 7 nitrogen and oxygen atoms in total. The Morgan fingerprint density at radius 3 is 2.16 bits per heavy atom. The highest BCUT2D eigenvalue weighted by Crippen LogP contribution is 2.29. The first-order chi connectivity index (χ1) is 15.2. The largest absolute Gasteiger partial charge is 0.353 e. The lowest BCUT2D eigenvalue weighted by molar-refractivity contribution is 0.0665. The number of piperazine rings is 2. The SMILES string of the molecule is CN1CCN(C(=O)c2cnc(N3CCN(c4ccccn4)CC3)c3ccccc23)CC1. The molecule has 0 unspecified atom stereocenters. The molecule has 0 saturated carbocycles. The van der Waals surface area contributed by atoms with E-state index in [0.29, 0.717) is 5.56 Å². The number of aromatic nitrogens is 2. The normalized spacial score (nSPS) is 17.9.